The van der Waals surface area contributed by atoms with Crippen molar-refractivity contribution >= 4 is 35.8 Å². The quantitative estimate of drug-likeness (QED) is 0.175. The zero-order valence-corrected chi connectivity index (χ0v) is 11.7. The Bertz CT molecular complexity index is 601. The lowest BCUT2D eigenvalue weighted by Crippen LogP contribution is -2.36. The zero-order chi connectivity index (χ0) is 19.0. The molecular weight excluding hydrogens is 336 g/mol. The fourth-order valence-electron chi connectivity index (χ4n) is 1.38. The highest BCUT2D eigenvalue weighted by molar-refractivity contribution is 6.00. The van der Waals surface area contributed by atoms with Crippen LogP contribution in [0, 0.1) is 5.92 Å². The van der Waals surface area contributed by atoms with Crippen molar-refractivity contribution in [3.63, 3.8) is 0 Å². The summed E-state index contributed by atoms with van der Waals surface area (Å²) in [6, 6.07) is 0. The molecule has 0 bridgehead atoms. The van der Waals surface area contributed by atoms with E-state index in [0.717, 1.165) is 0 Å². The number of carboxylic acids is 4. The number of carbonyl (C=O) groups is 6. The molecule has 0 aromatic rings. The summed E-state index contributed by atoms with van der Waals surface area (Å²) in [6.45, 7) is 0. The molecule has 5 N–H and O–H groups in total. The van der Waals surface area contributed by atoms with Crippen LogP contribution >= 0.6 is 0 Å². The van der Waals surface area contributed by atoms with Crippen LogP contribution in [-0.2, 0) is 33.5 Å². The lowest BCUT2D eigenvalue weighted by atomic mass is 9.99. The summed E-state index contributed by atoms with van der Waals surface area (Å²) in [5.41, 5.74) is -0.902. The molecule has 0 rings (SSSR count). The SMILES string of the molecule is O=C(O)C=C(CC(=O)OC(=O)CC(C(=O)O)C(O)C(=O)O)C(=O)O. The van der Waals surface area contributed by atoms with Gasteiger partial charge in [-0.2, -0.15) is 0 Å². The monoisotopic (exact) mass is 348 g/mol. The molecule has 2 unspecified atom stereocenters. The largest absolute Gasteiger partial charge is 0.481 e. The van der Waals surface area contributed by atoms with Crippen molar-refractivity contribution in [1.29, 1.82) is 0 Å². The second kappa shape index (κ2) is 8.99. The Hall–Kier alpha value is -3.28. The van der Waals surface area contributed by atoms with Crippen LogP contribution in [0.1, 0.15) is 12.8 Å². The molecule has 0 aromatic carbocycles. The molecule has 0 aliphatic rings. The lowest BCUT2D eigenvalue weighted by Gasteiger charge is -2.14. The molecule has 24 heavy (non-hydrogen) atoms. The predicted molar refractivity (Wildman–Crippen MR) is 68.5 cm³/mol. The number of hydrogen-bond donors (Lipinski definition) is 5. The van der Waals surface area contributed by atoms with Crippen molar-refractivity contribution in [2.45, 2.75) is 18.9 Å². The summed E-state index contributed by atoms with van der Waals surface area (Å²) in [5.74, 6) is -12.3. The summed E-state index contributed by atoms with van der Waals surface area (Å²) in [7, 11) is 0. The maximum Gasteiger partial charge on any atom is 0.333 e. The van der Waals surface area contributed by atoms with Gasteiger partial charge in [-0.15, -0.1) is 0 Å². The molecule has 0 aromatic heterocycles. The molecule has 0 fully saturated rings. The lowest BCUT2D eigenvalue weighted by molar-refractivity contribution is -0.167. The average Bonchev–Trinajstić information content (AvgIpc) is 2.42. The molecule has 0 aliphatic heterocycles. The Kier molecular flexibility index (Phi) is 7.76. The molecule has 0 saturated heterocycles. The summed E-state index contributed by atoms with van der Waals surface area (Å²) in [5, 5.41) is 43.4. The van der Waals surface area contributed by atoms with Crippen LogP contribution < -0.4 is 0 Å². The first-order valence-corrected chi connectivity index (χ1v) is 5.99. The van der Waals surface area contributed by atoms with Crippen molar-refractivity contribution < 1.29 is 59.0 Å². The van der Waals surface area contributed by atoms with E-state index < -0.39 is 66.3 Å². The normalized spacial score (nSPS) is 13.5. The second-order valence-corrected chi connectivity index (χ2v) is 4.27. The third kappa shape index (κ3) is 7.13. The molecule has 12 nitrogen and oxygen atoms in total. The van der Waals surface area contributed by atoms with Crippen LogP contribution in [-0.4, -0.2) is 67.5 Å². The first-order chi connectivity index (χ1) is 11.0. The molecule has 132 valence electrons. The van der Waals surface area contributed by atoms with Gasteiger partial charge in [-0.3, -0.25) is 14.4 Å². The van der Waals surface area contributed by atoms with Crippen LogP contribution in [0.4, 0.5) is 0 Å². The Labute approximate surface area is 132 Å². The summed E-state index contributed by atoms with van der Waals surface area (Å²) in [6.07, 6.45) is -4.53. The minimum absolute atomic E-state index is 0.197. The Morgan fingerprint density at radius 2 is 1.42 bits per heavy atom. The van der Waals surface area contributed by atoms with E-state index in [4.69, 9.17) is 25.5 Å². The standard InChI is InChI=1S/C12H12O12/c13-6(14)1-4(10(18)19)2-7(15)24-8(16)3-5(11(20)21)9(17)12(22)23/h1,5,9,17H,2-3H2,(H,13,14)(H,18,19)(H,20,21)(H,22,23). The van der Waals surface area contributed by atoms with E-state index >= 15 is 0 Å². The molecule has 0 amide bonds. The van der Waals surface area contributed by atoms with Gasteiger partial charge in [0.1, 0.15) is 5.92 Å². The van der Waals surface area contributed by atoms with Crippen molar-refractivity contribution in [1.82, 2.24) is 0 Å². The number of ether oxygens (including phenoxy) is 1. The van der Waals surface area contributed by atoms with Gasteiger partial charge in [0.05, 0.1) is 18.4 Å². The molecule has 12 heteroatoms. The van der Waals surface area contributed by atoms with Gasteiger partial charge in [0.2, 0.25) is 0 Å². The first kappa shape index (κ1) is 20.7. The van der Waals surface area contributed by atoms with Crippen LogP contribution in [0.2, 0.25) is 0 Å². The van der Waals surface area contributed by atoms with Crippen molar-refractivity contribution in [2.24, 2.45) is 5.92 Å². The average molecular weight is 348 g/mol. The number of aliphatic hydroxyl groups is 1. The van der Waals surface area contributed by atoms with E-state index in [1.807, 2.05) is 0 Å². The van der Waals surface area contributed by atoms with Crippen LogP contribution in [0.3, 0.4) is 0 Å². The number of carboxylic acid groups (broad SMARTS) is 4. The summed E-state index contributed by atoms with van der Waals surface area (Å²) < 4.78 is 4.08. The Morgan fingerprint density at radius 1 is 0.875 bits per heavy atom. The summed E-state index contributed by atoms with van der Waals surface area (Å²) in [4.78, 5) is 65.1. The number of carbonyl (C=O) groups excluding carboxylic acids is 2. The van der Waals surface area contributed by atoms with Crippen LogP contribution in [0.25, 0.3) is 0 Å². The van der Waals surface area contributed by atoms with Crippen molar-refractivity contribution in [3.05, 3.63) is 11.6 Å². The Morgan fingerprint density at radius 3 is 1.79 bits per heavy atom. The minimum atomic E-state index is -2.44. The molecule has 0 saturated carbocycles. The van der Waals surface area contributed by atoms with Crippen molar-refractivity contribution in [3.8, 4) is 0 Å². The molecule has 0 heterocycles. The second-order valence-electron chi connectivity index (χ2n) is 4.27. The third-order valence-corrected chi connectivity index (χ3v) is 2.47. The molecular formula is C12H12O12. The smallest absolute Gasteiger partial charge is 0.333 e. The topological polar surface area (TPSA) is 213 Å². The number of hydrogen-bond acceptors (Lipinski definition) is 8. The highest BCUT2D eigenvalue weighted by Gasteiger charge is 2.35. The van der Waals surface area contributed by atoms with Gasteiger partial charge in [0.25, 0.3) is 0 Å². The van der Waals surface area contributed by atoms with Gasteiger partial charge in [-0.25, -0.2) is 14.4 Å². The zero-order valence-electron chi connectivity index (χ0n) is 11.7. The van der Waals surface area contributed by atoms with Crippen LogP contribution in [0.15, 0.2) is 11.6 Å². The number of esters is 2. The van der Waals surface area contributed by atoms with E-state index in [1.54, 1.807) is 0 Å². The predicted octanol–water partition coefficient (Wildman–Crippen LogP) is -1.92. The van der Waals surface area contributed by atoms with E-state index in [-0.39, 0.29) is 6.08 Å². The molecule has 0 spiro atoms. The fourth-order valence-corrected chi connectivity index (χ4v) is 1.38. The van der Waals surface area contributed by atoms with E-state index in [0.29, 0.717) is 0 Å². The van der Waals surface area contributed by atoms with Gasteiger partial charge in [-0.1, -0.05) is 0 Å². The van der Waals surface area contributed by atoms with Gasteiger partial charge >= 0.3 is 35.8 Å². The highest BCUT2D eigenvalue weighted by Crippen LogP contribution is 2.12. The molecule has 2 atom stereocenters. The van der Waals surface area contributed by atoms with Gasteiger partial charge in [-0.05, 0) is 0 Å². The van der Waals surface area contributed by atoms with Gasteiger partial charge in [0, 0.05) is 6.08 Å². The third-order valence-electron chi connectivity index (χ3n) is 2.47. The van der Waals surface area contributed by atoms with Gasteiger partial charge < -0.3 is 30.3 Å². The van der Waals surface area contributed by atoms with Gasteiger partial charge in [0.15, 0.2) is 6.10 Å². The molecule has 0 radical (unpaired) electrons. The van der Waals surface area contributed by atoms with E-state index in [9.17, 15) is 28.8 Å². The van der Waals surface area contributed by atoms with E-state index in [1.165, 1.54) is 0 Å². The number of aliphatic hydroxyl groups excluding tert-OH is 1. The summed E-state index contributed by atoms with van der Waals surface area (Å²) >= 11 is 0. The number of rotatable bonds is 9. The maximum atomic E-state index is 11.4. The maximum absolute atomic E-state index is 11.4. The first-order valence-electron chi connectivity index (χ1n) is 5.99. The van der Waals surface area contributed by atoms with Crippen molar-refractivity contribution in [2.75, 3.05) is 0 Å². The highest BCUT2D eigenvalue weighted by atomic mass is 16.6. The fraction of sp³-hybridized carbons (Fsp3) is 0.333. The minimum Gasteiger partial charge on any atom is -0.481 e. The van der Waals surface area contributed by atoms with E-state index in [2.05, 4.69) is 4.74 Å². The number of aliphatic carboxylic acids is 4. The van der Waals surface area contributed by atoms with Crippen LogP contribution in [0.5, 0.6) is 0 Å². The Balaban J connectivity index is 4.89. The molecule has 0 aliphatic carbocycles.